The third kappa shape index (κ3) is 3.97. The topological polar surface area (TPSA) is 94.5 Å². The molecule has 9 heteroatoms. The van der Waals surface area contributed by atoms with Crippen LogP contribution in [0, 0.1) is 6.92 Å². The van der Waals surface area contributed by atoms with Gasteiger partial charge in [-0.3, -0.25) is 0 Å². The van der Waals surface area contributed by atoms with Gasteiger partial charge in [0.1, 0.15) is 0 Å². The highest BCUT2D eigenvalue weighted by Crippen LogP contribution is 2.54. The summed E-state index contributed by atoms with van der Waals surface area (Å²) in [5.74, 6) is 1.42. The van der Waals surface area contributed by atoms with E-state index in [0.717, 1.165) is 27.8 Å². The van der Waals surface area contributed by atoms with Gasteiger partial charge in [0.25, 0.3) is 0 Å². The maximum Gasteiger partial charge on any atom is 0.243 e. The second-order valence-electron chi connectivity index (χ2n) is 9.37. The Morgan fingerprint density at radius 2 is 1.54 bits per heavy atom. The predicted molar refractivity (Wildman–Crippen MR) is 139 cm³/mol. The molecule has 3 aromatic carbocycles. The molecule has 1 heterocycles. The lowest BCUT2D eigenvalue weighted by molar-refractivity contribution is 0.263. The van der Waals surface area contributed by atoms with Crippen LogP contribution < -0.4 is 18.9 Å². The number of phenolic OH excluding ortho intramolecular Hbond substituents is 1. The van der Waals surface area contributed by atoms with E-state index in [1.165, 1.54) is 7.11 Å². The highest BCUT2D eigenvalue weighted by atomic mass is 32.2. The minimum absolute atomic E-state index is 0.0281. The van der Waals surface area contributed by atoms with Gasteiger partial charge in [0, 0.05) is 18.0 Å². The zero-order valence-corrected chi connectivity index (χ0v) is 22.4. The van der Waals surface area contributed by atoms with Gasteiger partial charge in [-0.1, -0.05) is 17.7 Å². The number of methoxy groups -OCH3 is 4. The molecule has 0 aromatic heterocycles. The third-order valence-corrected chi connectivity index (χ3v) is 9.34. The molecular weight excluding hydrogens is 494 g/mol. The second-order valence-corrected chi connectivity index (χ2v) is 11.3. The van der Waals surface area contributed by atoms with Gasteiger partial charge in [0.2, 0.25) is 15.8 Å². The number of ether oxygens (including phenoxy) is 4. The van der Waals surface area contributed by atoms with Gasteiger partial charge in [0.05, 0.1) is 39.4 Å². The van der Waals surface area contributed by atoms with Gasteiger partial charge in [-0.05, 0) is 66.8 Å². The summed E-state index contributed by atoms with van der Waals surface area (Å²) >= 11 is 0. The first-order valence-electron chi connectivity index (χ1n) is 12.1. The van der Waals surface area contributed by atoms with Crippen molar-refractivity contribution in [3.8, 4) is 28.7 Å². The van der Waals surface area contributed by atoms with E-state index in [1.807, 2.05) is 19.1 Å². The van der Waals surface area contributed by atoms with Crippen LogP contribution in [-0.2, 0) is 16.4 Å². The zero-order chi connectivity index (χ0) is 26.5. The monoisotopic (exact) mass is 525 g/mol. The summed E-state index contributed by atoms with van der Waals surface area (Å²) in [6.45, 7) is 2.12. The van der Waals surface area contributed by atoms with Crippen LogP contribution in [0.25, 0.3) is 0 Å². The van der Waals surface area contributed by atoms with E-state index >= 15 is 0 Å². The van der Waals surface area contributed by atoms with Crippen LogP contribution in [0.4, 0.5) is 0 Å². The molecule has 1 N–H and O–H groups in total. The maximum absolute atomic E-state index is 14.0. The number of rotatable bonds is 6. The number of fused-ring (bicyclic) bond motifs is 2. The van der Waals surface area contributed by atoms with Crippen molar-refractivity contribution < 1.29 is 32.5 Å². The Hall–Kier alpha value is -3.43. The second kappa shape index (κ2) is 9.46. The average molecular weight is 526 g/mol. The van der Waals surface area contributed by atoms with Crippen LogP contribution in [0.5, 0.6) is 28.7 Å². The van der Waals surface area contributed by atoms with Crippen LogP contribution in [0.2, 0.25) is 0 Å². The van der Waals surface area contributed by atoms with Gasteiger partial charge in [0.15, 0.2) is 23.0 Å². The van der Waals surface area contributed by atoms with E-state index in [-0.39, 0.29) is 17.2 Å². The summed E-state index contributed by atoms with van der Waals surface area (Å²) in [7, 11) is 2.35. The number of aromatic hydroxyl groups is 1. The van der Waals surface area contributed by atoms with Crippen LogP contribution in [0.3, 0.4) is 0 Å². The molecule has 0 unspecified atom stereocenters. The molecule has 5 rings (SSSR count). The number of nitrogens with zero attached hydrogens (tertiary/aromatic N) is 1. The largest absolute Gasteiger partial charge is 0.504 e. The molecular formula is C28H31NO7S. The Labute approximate surface area is 217 Å². The van der Waals surface area contributed by atoms with Crippen molar-refractivity contribution in [2.45, 2.75) is 36.6 Å². The maximum atomic E-state index is 14.0. The van der Waals surface area contributed by atoms with Gasteiger partial charge in [-0.2, -0.15) is 4.31 Å². The van der Waals surface area contributed by atoms with Crippen molar-refractivity contribution >= 4 is 10.0 Å². The summed E-state index contributed by atoms with van der Waals surface area (Å²) in [5, 5.41) is 10.7. The Balaban J connectivity index is 1.79. The summed E-state index contributed by atoms with van der Waals surface area (Å²) < 4.78 is 52.2. The molecule has 1 aliphatic carbocycles. The molecule has 0 fully saturated rings. The SMILES string of the molecule is COc1cc2c(cc1O)[C@@H]1CCc3cc(OC)c(OC)c(OC)c3[C@H]2CN1S(=O)(=O)c1ccc(C)cc1. The molecule has 2 bridgehead atoms. The summed E-state index contributed by atoms with van der Waals surface area (Å²) in [5.41, 5.74) is 4.48. The molecule has 3 aromatic rings. The third-order valence-electron chi connectivity index (χ3n) is 7.45. The lowest BCUT2D eigenvalue weighted by Crippen LogP contribution is -2.43. The number of benzene rings is 3. The van der Waals surface area contributed by atoms with Crippen molar-refractivity contribution in [3.05, 3.63) is 70.3 Å². The number of hydrogen-bond acceptors (Lipinski definition) is 7. The lowest BCUT2D eigenvalue weighted by Gasteiger charge is -2.43. The first kappa shape index (κ1) is 25.2. The van der Waals surface area contributed by atoms with Gasteiger partial charge < -0.3 is 24.1 Å². The normalized spacial score (nSPS) is 18.8. The number of phenols is 1. The van der Waals surface area contributed by atoms with Crippen molar-refractivity contribution in [2.24, 2.45) is 0 Å². The minimum atomic E-state index is -3.85. The van der Waals surface area contributed by atoms with E-state index in [0.29, 0.717) is 35.8 Å². The molecule has 0 saturated heterocycles. The quantitative estimate of drug-likeness (QED) is 0.504. The fourth-order valence-corrected chi connectivity index (χ4v) is 7.33. The van der Waals surface area contributed by atoms with E-state index in [2.05, 4.69) is 0 Å². The van der Waals surface area contributed by atoms with Gasteiger partial charge in [-0.15, -0.1) is 0 Å². The number of sulfonamides is 1. The predicted octanol–water partition coefficient (Wildman–Crippen LogP) is 4.56. The highest BCUT2D eigenvalue weighted by molar-refractivity contribution is 7.89. The fourth-order valence-electron chi connectivity index (χ4n) is 5.68. The molecule has 8 nitrogen and oxygen atoms in total. The number of hydrogen-bond donors (Lipinski definition) is 1. The Morgan fingerprint density at radius 3 is 2.16 bits per heavy atom. The van der Waals surface area contributed by atoms with E-state index in [4.69, 9.17) is 18.9 Å². The first-order chi connectivity index (χ1) is 17.7. The molecule has 0 spiro atoms. The molecule has 0 radical (unpaired) electrons. The Bertz CT molecular complexity index is 1450. The smallest absolute Gasteiger partial charge is 0.243 e. The molecule has 1 aliphatic heterocycles. The molecule has 2 aliphatic rings. The highest BCUT2D eigenvalue weighted by Gasteiger charge is 2.45. The summed E-state index contributed by atoms with van der Waals surface area (Å²) in [6, 6.07) is 11.8. The average Bonchev–Trinajstić information content (AvgIpc) is 2.88. The van der Waals surface area contributed by atoms with Crippen LogP contribution in [-0.4, -0.2) is 52.8 Å². The van der Waals surface area contributed by atoms with Crippen molar-refractivity contribution in [3.63, 3.8) is 0 Å². The van der Waals surface area contributed by atoms with E-state index in [1.54, 1.807) is 56.0 Å². The first-order valence-corrected chi connectivity index (χ1v) is 13.5. The fraction of sp³-hybridized carbons (Fsp3) is 0.357. The van der Waals surface area contributed by atoms with Crippen molar-refractivity contribution in [2.75, 3.05) is 35.0 Å². The Kier molecular flexibility index (Phi) is 6.45. The molecule has 37 heavy (non-hydrogen) atoms. The zero-order valence-electron chi connectivity index (χ0n) is 21.6. The molecule has 2 atom stereocenters. The molecule has 0 saturated carbocycles. The Morgan fingerprint density at radius 1 is 0.865 bits per heavy atom. The van der Waals surface area contributed by atoms with Crippen LogP contribution >= 0.6 is 0 Å². The standard InChI is InChI=1S/C28H31NO7S/c1-16-6-9-18(10-7-16)37(31,32)29-15-21-19-14-24(33-2)23(30)13-20(19)22(29)11-8-17-12-25(34-3)27(35-4)28(36-5)26(17)21/h6-7,9-10,12-14,21-22,30H,8,11,15H2,1-5H3/t21-,22-/m0/s1. The van der Waals surface area contributed by atoms with Crippen molar-refractivity contribution in [1.29, 1.82) is 0 Å². The van der Waals surface area contributed by atoms with Crippen LogP contribution in [0.15, 0.2) is 47.4 Å². The molecule has 196 valence electrons. The van der Waals surface area contributed by atoms with Gasteiger partial charge >= 0.3 is 0 Å². The van der Waals surface area contributed by atoms with Gasteiger partial charge in [-0.25, -0.2) is 8.42 Å². The number of aryl methyl sites for hydroxylation is 2. The van der Waals surface area contributed by atoms with E-state index < -0.39 is 22.0 Å². The molecule has 0 amide bonds. The lowest BCUT2D eigenvalue weighted by atomic mass is 9.75. The summed E-state index contributed by atoms with van der Waals surface area (Å²) in [6.07, 6.45) is 1.08. The van der Waals surface area contributed by atoms with Crippen LogP contribution in [0.1, 0.15) is 46.2 Å². The minimum Gasteiger partial charge on any atom is -0.504 e. The van der Waals surface area contributed by atoms with E-state index in [9.17, 15) is 13.5 Å². The van der Waals surface area contributed by atoms with Crippen molar-refractivity contribution in [1.82, 2.24) is 4.31 Å². The summed E-state index contributed by atoms with van der Waals surface area (Å²) in [4.78, 5) is 0.239.